The molecule has 5 heteroatoms. The van der Waals surface area contributed by atoms with Crippen LogP contribution in [0.3, 0.4) is 0 Å². The van der Waals surface area contributed by atoms with Gasteiger partial charge in [-0.25, -0.2) is 9.18 Å². The van der Waals surface area contributed by atoms with Gasteiger partial charge in [0.05, 0.1) is 5.69 Å². The fraction of sp³-hybridized carbons (Fsp3) is 0.562. The molecule has 1 saturated heterocycles. The fourth-order valence-electron chi connectivity index (χ4n) is 3.57. The molecule has 1 heterocycles. The van der Waals surface area contributed by atoms with Crippen molar-refractivity contribution in [3.63, 3.8) is 0 Å². The van der Waals surface area contributed by atoms with Crippen LogP contribution in [-0.2, 0) is 0 Å². The number of fused-ring (bicyclic) bond motifs is 1. The third-order valence-electron chi connectivity index (χ3n) is 4.75. The predicted molar refractivity (Wildman–Crippen MR) is 82.1 cm³/mol. The zero-order chi connectivity index (χ0) is 14.8. The topological polar surface area (TPSA) is 32.3 Å². The molecule has 1 aliphatic carbocycles. The lowest BCUT2D eigenvalue weighted by molar-refractivity contribution is 0.108. The van der Waals surface area contributed by atoms with E-state index in [0.29, 0.717) is 10.9 Å². The summed E-state index contributed by atoms with van der Waals surface area (Å²) >= 11 is 5.85. The van der Waals surface area contributed by atoms with E-state index in [4.69, 9.17) is 11.6 Å². The number of piperidine rings is 1. The Labute approximate surface area is 129 Å². The first-order valence-electron chi connectivity index (χ1n) is 7.64. The maximum Gasteiger partial charge on any atom is 0.321 e. The Kier molecular flexibility index (Phi) is 4.34. The van der Waals surface area contributed by atoms with Gasteiger partial charge < -0.3 is 10.2 Å². The van der Waals surface area contributed by atoms with Gasteiger partial charge in [-0.1, -0.05) is 30.9 Å². The molecule has 1 aromatic rings. The van der Waals surface area contributed by atoms with Gasteiger partial charge >= 0.3 is 6.03 Å². The lowest BCUT2D eigenvalue weighted by Crippen LogP contribution is -2.46. The van der Waals surface area contributed by atoms with Crippen LogP contribution >= 0.6 is 11.6 Å². The summed E-state index contributed by atoms with van der Waals surface area (Å²) < 4.78 is 13.7. The predicted octanol–water partition coefficient (Wildman–Crippen LogP) is 4.52. The van der Waals surface area contributed by atoms with Crippen molar-refractivity contribution in [1.29, 1.82) is 0 Å². The van der Waals surface area contributed by atoms with E-state index in [9.17, 15) is 9.18 Å². The van der Waals surface area contributed by atoms with Crippen molar-refractivity contribution in [2.24, 2.45) is 11.8 Å². The summed E-state index contributed by atoms with van der Waals surface area (Å²) in [6.45, 7) is 1.55. The highest BCUT2D eigenvalue weighted by Crippen LogP contribution is 2.36. The molecule has 21 heavy (non-hydrogen) atoms. The molecule has 0 radical (unpaired) electrons. The van der Waals surface area contributed by atoms with Crippen molar-refractivity contribution in [3.8, 4) is 0 Å². The van der Waals surface area contributed by atoms with Gasteiger partial charge in [0.2, 0.25) is 0 Å². The number of hydrogen-bond acceptors (Lipinski definition) is 1. The van der Waals surface area contributed by atoms with Gasteiger partial charge in [-0.3, -0.25) is 0 Å². The van der Waals surface area contributed by atoms with E-state index >= 15 is 0 Å². The van der Waals surface area contributed by atoms with E-state index in [1.807, 2.05) is 4.90 Å². The molecular weight excluding hydrogens is 291 g/mol. The summed E-state index contributed by atoms with van der Waals surface area (Å²) in [6, 6.07) is 3.97. The highest BCUT2D eigenvalue weighted by atomic mass is 35.5. The van der Waals surface area contributed by atoms with Gasteiger partial charge in [0.25, 0.3) is 0 Å². The molecule has 0 spiro atoms. The van der Waals surface area contributed by atoms with Gasteiger partial charge in [-0.05, 0) is 42.9 Å². The molecule has 3 rings (SSSR count). The van der Waals surface area contributed by atoms with Crippen LogP contribution in [0.4, 0.5) is 14.9 Å². The standard InChI is InChI=1S/C16H20ClFN2O/c17-13-5-6-14(18)15(9-13)19-16(21)20-8-7-11-3-1-2-4-12(11)10-20/h5-6,9,11-12H,1-4,7-8,10H2,(H,19,21)/t11-,12-/m1/s1. The van der Waals surface area contributed by atoms with Gasteiger partial charge in [-0.2, -0.15) is 0 Å². The summed E-state index contributed by atoms with van der Waals surface area (Å²) in [5.74, 6) is 0.925. The smallest absolute Gasteiger partial charge is 0.321 e. The molecule has 2 aliphatic rings. The minimum absolute atomic E-state index is 0.151. The number of likely N-dealkylation sites (tertiary alicyclic amines) is 1. The molecular formula is C16H20ClFN2O. The number of urea groups is 1. The van der Waals surface area contributed by atoms with Gasteiger partial charge in [0.15, 0.2) is 0 Å². The summed E-state index contributed by atoms with van der Waals surface area (Å²) in [6.07, 6.45) is 6.15. The van der Waals surface area contributed by atoms with Crippen LogP contribution in [0.15, 0.2) is 18.2 Å². The minimum atomic E-state index is -0.458. The zero-order valence-corrected chi connectivity index (χ0v) is 12.7. The van der Waals surface area contributed by atoms with E-state index in [-0.39, 0.29) is 11.7 Å². The first kappa shape index (κ1) is 14.6. The molecule has 1 aromatic carbocycles. The first-order chi connectivity index (χ1) is 10.1. The molecule has 2 fully saturated rings. The maximum atomic E-state index is 13.7. The van der Waals surface area contributed by atoms with Gasteiger partial charge in [0, 0.05) is 18.1 Å². The van der Waals surface area contributed by atoms with E-state index in [1.54, 1.807) is 0 Å². The number of benzene rings is 1. The van der Waals surface area contributed by atoms with Crippen LogP contribution in [0.2, 0.25) is 5.02 Å². The Bertz CT molecular complexity index is 537. The lowest BCUT2D eigenvalue weighted by atomic mass is 9.75. The van der Waals surface area contributed by atoms with Crippen LogP contribution in [0.25, 0.3) is 0 Å². The number of carbonyl (C=O) groups is 1. The molecule has 0 unspecified atom stereocenters. The van der Waals surface area contributed by atoms with Crippen molar-refractivity contribution in [2.45, 2.75) is 32.1 Å². The maximum absolute atomic E-state index is 13.7. The lowest BCUT2D eigenvalue weighted by Gasteiger charge is -2.41. The normalized spacial score (nSPS) is 25.3. The third kappa shape index (κ3) is 3.31. The highest BCUT2D eigenvalue weighted by Gasteiger charge is 2.33. The average molecular weight is 311 g/mol. The van der Waals surface area contributed by atoms with Crippen molar-refractivity contribution >= 4 is 23.3 Å². The van der Waals surface area contributed by atoms with Crippen LogP contribution in [0.5, 0.6) is 0 Å². The zero-order valence-electron chi connectivity index (χ0n) is 11.9. The average Bonchev–Trinajstić information content (AvgIpc) is 2.50. The fourth-order valence-corrected chi connectivity index (χ4v) is 3.74. The Morgan fingerprint density at radius 1 is 1.24 bits per heavy atom. The van der Waals surface area contributed by atoms with Crippen LogP contribution in [0, 0.1) is 17.7 Å². The van der Waals surface area contributed by atoms with Crippen molar-refractivity contribution in [1.82, 2.24) is 4.90 Å². The molecule has 1 aliphatic heterocycles. The number of hydrogen-bond donors (Lipinski definition) is 1. The minimum Gasteiger partial charge on any atom is -0.324 e. The van der Waals surface area contributed by atoms with Crippen molar-refractivity contribution in [3.05, 3.63) is 29.0 Å². The number of nitrogens with one attached hydrogen (secondary N) is 1. The summed E-state index contributed by atoms with van der Waals surface area (Å²) in [4.78, 5) is 14.1. The quantitative estimate of drug-likeness (QED) is 0.812. The second-order valence-corrected chi connectivity index (χ2v) is 6.53. The van der Waals surface area contributed by atoms with Crippen molar-refractivity contribution in [2.75, 3.05) is 18.4 Å². The van der Waals surface area contributed by atoms with Gasteiger partial charge in [0.1, 0.15) is 5.82 Å². The first-order valence-corrected chi connectivity index (χ1v) is 8.02. The molecule has 0 bridgehead atoms. The molecule has 1 N–H and O–H groups in total. The molecule has 1 saturated carbocycles. The largest absolute Gasteiger partial charge is 0.324 e. The summed E-state index contributed by atoms with van der Waals surface area (Å²) in [5.41, 5.74) is 0.151. The Balaban J connectivity index is 1.64. The highest BCUT2D eigenvalue weighted by molar-refractivity contribution is 6.30. The number of amides is 2. The van der Waals surface area contributed by atoms with E-state index in [2.05, 4.69) is 5.32 Å². The van der Waals surface area contributed by atoms with E-state index in [0.717, 1.165) is 25.4 Å². The Morgan fingerprint density at radius 3 is 2.81 bits per heavy atom. The molecule has 2 atom stereocenters. The number of anilines is 1. The van der Waals surface area contributed by atoms with Crippen LogP contribution in [-0.4, -0.2) is 24.0 Å². The van der Waals surface area contributed by atoms with Crippen LogP contribution in [0.1, 0.15) is 32.1 Å². The van der Waals surface area contributed by atoms with Crippen LogP contribution < -0.4 is 5.32 Å². The molecule has 114 valence electrons. The molecule has 3 nitrogen and oxygen atoms in total. The second kappa shape index (κ2) is 6.22. The molecule has 2 amide bonds. The summed E-state index contributed by atoms with van der Waals surface area (Å²) in [5, 5.41) is 3.06. The van der Waals surface area contributed by atoms with E-state index in [1.165, 1.54) is 43.9 Å². The number of carbonyl (C=O) groups excluding carboxylic acids is 1. The second-order valence-electron chi connectivity index (χ2n) is 6.09. The third-order valence-corrected chi connectivity index (χ3v) is 4.98. The number of rotatable bonds is 1. The number of halogens is 2. The molecule has 0 aromatic heterocycles. The Hall–Kier alpha value is -1.29. The Morgan fingerprint density at radius 2 is 2.00 bits per heavy atom. The van der Waals surface area contributed by atoms with E-state index < -0.39 is 5.82 Å². The summed E-state index contributed by atoms with van der Waals surface area (Å²) in [7, 11) is 0. The monoisotopic (exact) mass is 310 g/mol. The SMILES string of the molecule is O=C(Nc1cc(Cl)ccc1F)N1CC[C@H]2CCCC[C@@H]2C1. The number of nitrogens with zero attached hydrogens (tertiary/aromatic N) is 1. The van der Waals surface area contributed by atoms with Gasteiger partial charge in [-0.15, -0.1) is 0 Å². The van der Waals surface area contributed by atoms with Crippen molar-refractivity contribution < 1.29 is 9.18 Å².